The van der Waals surface area contributed by atoms with Crippen molar-refractivity contribution in [1.29, 1.82) is 0 Å². The van der Waals surface area contributed by atoms with Gasteiger partial charge in [0.1, 0.15) is 0 Å². The van der Waals surface area contributed by atoms with E-state index in [1.54, 1.807) is 0 Å². The van der Waals surface area contributed by atoms with Crippen molar-refractivity contribution in [1.82, 2.24) is 4.57 Å². The van der Waals surface area contributed by atoms with Gasteiger partial charge in [-0.2, -0.15) is 0 Å². The molecule has 23 heavy (non-hydrogen) atoms. The Morgan fingerprint density at radius 3 is 1.96 bits per heavy atom. The fraction of sp³-hybridized carbons (Fsp3) is 0.316. The van der Waals surface area contributed by atoms with Crippen LogP contribution in [0, 0.1) is 0 Å². The van der Waals surface area contributed by atoms with Crippen LogP contribution in [0.4, 0.5) is 0 Å². The molecule has 2 nitrogen and oxygen atoms in total. The molecule has 0 N–H and O–H groups in total. The first-order chi connectivity index (χ1) is 11.1. The molecule has 0 radical (unpaired) electrons. The molecule has 0 atom stereocenters. The second-order valence-electron chi connectivity index (χ2n) is 5.86. The van der Waals surface area contributed by atoms with E-state index in [0.717, 1.165) is 43.7 Å². The van der Waals surface area contributed by atoms with Gasteiger partial charge in [0.15, 0.2) is 5.43 Å². The first-order valence-corrected chi connectivity index (χ1v) is 9.61. The maximum absolute atomic E-state index is 12.9. The number of unbranched alkanes of at least 4 members (excludes halogenated alkanes) is 3. The van der Waals surface area contributed by atoms with E-state index in [9.17, 15) is 4.79 Å². The summed E-state index contributed by atoms with van der Waals surface area (Å²) in [6.45, 7) is 3.16. The van der Waals surface area contributed by atoms with Crippen molar-refractivity contribution in [3.05, 3.63) is 55.6 Å². The topological polar surface area (TPSA) is 22.0 Å². The van der Waals surface area contributed by atoms with Crippen molar-refractivity contribution in [2.24, 2.45) is 0 Å². The molecule has 0 spiro atoms. The molecule has 0 aliphatic carbocycles. The average Bonchev–Trinajstić information content (AvgIpc) is 2.54. The number of aryl methyl sites for hydroxylation is 1. The number of halogens is 2. The van der Waals surface area contributed by atoms with Gasteiger partial charge in [0.05, 0.1) is 11.0 Å². The minimum atomic E-state index is 0.0995. The maximum atomic E-state index is 12.9. The number of nitrogens with zero attached hydrogens (tertiary/aromatic N) is 1. The van der Waals surface area contributed by atoms with Gasteiger partial charge in [-0.1, -0.05) is 58.0 Å². The molecule has 0 saturated heterocycles. The van der Waals surface area contributed by atoms with Crippen molar-refractivity contribution in [3.63, 3.8) is 0 Å². The van der Waals surface area contributed by atoms with E-state index in [1.807, 2.05) is 36.4 Å². The molecule has 0 aliphatic rings. The molecule has 2 aromatic carbocycles. The molecule has 1 heterocycles. The molecule has 0 aliphatic heterocycles. The fourth-order valence-electron chi connectivity index (χ4n) is 3.06. The van der Waals surface area contributed by atoms with E-state index in [0.29, 0.717) is 0 Å². The van der Waals surface area contributed by atoms with Crippen molar-refractivity contribution >= 4 is 53.7 Å². The molecule has 0 amide bonds. The molecule has 3 aromatic rings. The predicted octanol–water partition coefficient (Wildman–Crippen LogP) is 6.26. The van der Waals surface area contributed by atoms with Crippen molar-refractivity contribution in [3.8, 4) is 0 Å². The third kappa shape index (κ3) is 3.38. The second kappa shape index (κ2) is 7.18. The summed E-state index contributed by atoms with van der Waals surface area (Å²) in [6, 6.07) is 12.0. The summed E-state index contributed by atoms with van der Waals surface area (Å²) in [4.78, 5) is 12.9. The molecular weight excluding hydrogens is 418 g/mol. The SMILES string of the molecule is CCCCCCn1c2ccc(Br)cc2c(=O)c2cc(Br)ccc21. The smallest absolute Gasteiger partial charge is 0.197 e. The van der Waals surface area contributed by atoms with Gasteiger partial charge < -0.3 is 4.57 Å². The zero-order valence-corrected chi connectivity index (χ0v) is 16.3. The van der Waals surface area contributed by atoms with Crippen LogP contribution in [0.1, 0.15) is 32.6 Å². The number of pyridine rings is 1. The van der Waals surface area contributed by atoms with Crippen LogP contribution >= 0.6 is 31.9 Å². The Morgan fingerprint density at radius 1 is 0.870 bits per heavy atom. The van der Waals surface area contributed by atoms with Gasteiger partial charge in [0, 0.05) is 26.3 Å². The standard InChI is InChI=1S/C19H19Br2NO/c1-2-3-4-5-10-22-17-8-6-13(20)11-15(17)19(23)16-12-14(21)7-9-18(16)22/h6-9,11-12H,2-5,10H2,1H3. The van der Waals surface area contributed by atoms with Crippen LogP contribution in [0.5, 0.6) is 0 Å². The minimum absolute atomic E-state index is 0.0995. The molecule has 0 fully saturated rings. The fourth-order valence-corrected chi connectivity index (χ4v) is 3.79. The molecule has 0 unspecified atom stereocenters. The van der Waals surface area contributed by atoms with Gasteiger partial charge in [-0.15, -0.1) is 0 Å². The monoisotopic (exact) mass is 435 g/mol. The van der Waals surface area contributed by atoms with E-state index < -0.39 is 0 Å². The van der Waals surface area contributed by atoms with Crippen molar-refractivity contribution < 1.29 is 0 Å². The number of benzene rings is 2. The molecular formula is C19H19Br2NO. The van der Waals surface area contributed by atoms with E-state index in [1.165, 1.54) is 19.3 Å². The van der Waals surface area contributed by atoms with Crippen molar-refractivity contribution in [2.75, 3.05) is 0 Å². The third-order valence-corrected chi connectivity index (χ3v) is 5.21. The molecule has 1 aromatic heterocycles. The van der Waals surface area contributed by atoms with Crippen LogP contribution in [0.25, 0.3) is 21.8 Å². The molecule has 3 rings (SSSR count). The summed E-state index contributed by atoms with van der Waals surface area (Å²) in [5, 5.41) is 1.56. The Labute approximate surface area is 152 Å². The lowest BCUT2D eigenvalue weighted by atomic mass is 10.1. The molecule has 0 bridgehead atoms. The van der Waals surface area contributed by atoms with Crippen LogP contribution in [0.15, 0.2) is 50.1 Å². The lowest BCUT2D eigenvalue weighted by Crippen LogP contribution is -2.12. The van der Waals surface area contributed by atoms with Gasteiger partial charge in [0.2, 0.25) is 0 Å². The highest BCUT2D eigenvalue weighted by molar-refractivity contribution is 9.10. The number of rotatable bonds is 5. The van der Waals surface area contributed by atoms with Gasteiger partial charge >= 0.3 is 0 Å². The van der Waals surface area contributed by atoms with Gasteiger partial charge in [-0.25, -0.2) is 0 Å². The summed E-state index contributed by atoms with van der Waals surface area (Å²) < 4.78 is 4.17. The van der Waals surface area contributed by atoms with Crippen molar-refractivity contribution in [2.45, 2.75) is 39.2 Å². The highest BCUT2D eigenvalue weighted by Gasteiger charge is 2.11. The normalized spacial score (nSPS) is 11.4. The van der Waals surface area contributed by atoms with E-state index >= 15 is 0 Å². The predicted molar refractivity (Wildman–Crippen MR) is 105 cm³/mol. The highest BCUT2D eigenvalue weighted by Crippen LogP contribution is 2.25. The Kier molecular flexibility index (Phi) is 5.22. The van der Waals surface area contributed by atoms with Gasteiger partial charge in [0.25, 0.3) is 0 Å². The zero-order chi connectivity index (χ0) is 16.4. The first-order valence-electron chi connectivity index (χ1n) is 8.03. The molecule has 120 valence electrons. The number of aromatic nitrogens is 1. The quantitative estimate of drug-likeness (QED) is 0.341. The van der Waals surface area contributed by atoms with Crippen LogP contribution in [0.3, 0.4) is 0 Å². The van der Waals surface area contributed by atoms with Crippen LogP contribution in [-0.4, -0.2) is 4.57 Å². The van der Waals surface area contributed by atoms with Crippen LogP contribution in [-0.2, 0) is 6.54 Å². The number of fused-ring (bicyclic) bond motifs is 2. The largest absolute Gasteiger partial charge is 0.340 e. The summed E-state index contributed by atoms with van der Waals surface area (Å²) in [5.41, 5.74) is 2.14. The molecule has 0 saturated carbocycles. The van der Waals surface area contributed by atoms with E-state index in [2.05, 4.69) is 43.4 Å². The minimum Gasteiger partial charge on any atom is -0.340 e. The Bertz CT molecular complexity index is 849. The summed E-state index contributed by atoms with van der Waals surface area (Å²) in [5.74, 6) is 0. The van der Waals surface area contributed by atoms with Gasteiger partial charge in [-0.05, 0) is 42.8 Å². The number of hydrogen-bond acceptors (Lipinski definition) is 1. The van der Waals surface area contributed by atoms with Gasteiger partial charge in [-0.3, -0.25) is 4.79 Å². The lowest BCUT2D eigenvalue weighted by molar-refractivity contribution is 0.601. The highest BCUT2D eigenvalue weighted by atomic mass is 79.9. The zero-order valence-electron chi connectivity index (χ0n) is 13.1. The molecule has 4 heteroatoms. The Morgan fingerprint density at radius 2 is 1.43 bits per heavy atom. The Hall–Kier alpha value is -1.13. The summed E-state index contributed by atoms with van der Waals surface area (Å²) >= 11 is 6.97. The van der Waals surface area contributed by atoms with E-state index in [-0.39, 0.29) is 5.43 Å². The third-order valence-electron chi connectivity index (χ3n) is 4.22. The van der Waals surface area contributed by atoms with Crippen LogP contribution < -0.4 is 5.43 Å². The van der Waals surface area contributed by atoms with E-state index in [4.69, 9.17) is 0 Å². The lowest BCUT2D eigenvalue weighted by Gasteiger charge is -2.15. The summed E-state index contributed by atoms with van der Waals surface area (Å²) in [7, 11) is 0. The average molecular weight is 437 g/mol. The van der Waals surface area contributed by atoms with Crippen LogP contribution in [0.2, 0.25) is 0 Å². The maximum Gasteiger partial charge on any atom is 0.197 e. The number of hydrogen-bond donors (Lipinski definition) is 0. The second-order valence-corrected chi connectivity index (χ2v) is 7.70. The Balaban J connectivity index is 2.24. The first kappa shape index (κ1) is 16.7. The summed E-state index contributed by atoms with van der Waals surface area (Å²) in [6.07, 6.45) is 4.84.